The van der Waals surface area contributed by atoms with Crippen molar-refractivity contribution in [3.05, 3.63) is 89.2 Å². The molecule has 0 aliphatic carbocycles. The first kappa shape index (κ1) is 19.2. The Morgan fingerprint density at radius 3 is 2.59 bits per heavy atom. The number of aromatic nitrogens is 4. The Morgan fingerprint density at radius 1 is 1.07 bits per heavy atom. The summed E-state index contributed by atoms with van der Waals surface area (Å²) in [6.07, 6.45) is 3.45. The van der Waals surface area contributed by atoms with Crippen LogP contribution in [0, 0.1) is 0 Å². The Bertz CT molecular complexity index is 1150. The summed E-state index contributed by atoms with van der Waals surface area (Å²) >= 11 is 7.71. The molecular weight excluding hydrogens is 408 g/mol. The van der Waals surface area contributed by atoms with E-state index in [-0.39, 0.29) is 5.56 Å². The Kier molecular flexibility index (Phi) is 5.59. The number of hydrogen-bond acceptors (Lipinski definition) is 5. The van der Waals surface area contributed by atoms with E-state index >= 15 is 0 Å². The number of aromatic carboxylic acids is 1. The summed E-state index contributed by atoms with van der Waals surface area (Å²) in [7, 11) is 0. The van der Waals surface area contributed by atoms with Crippen LogP contribution >= 0.6 is 23.4 Å². The maximum Gasteiger partial charge on any atom is 0.335 e. The SMILES string of the molecule is O=C(O)c1ccc(CSc2nnc(-c3cccnc3)n2-c2cccc(Cl)c2)cc1. The van der Waals surface area contributed by atoms with E-state index in [0.29, 0.717) is 21.8 Å². The molecule has 0 spiro atoms. The van der Waals surface area contributed by atoms with Gasteiger partial charge in [-0.2, -0.15) is 0 Å². The lowest BCUT2D eigenvalue weighted by atomic mass is 10.1. The molecule has 8 heteroatoms. The van der Waals surface area contributed by atoms with Gasteiger partial charge in [0.05, 0.1) is 11.3 Å². The van der Waals surface area contributed by atoms with Crippen molar-refractivity contribution in [2.45, 2.75) is 10.9 Å². The molecule has 0 atom stereocenters. The maximum atomic E-state index is 11.0. The Morgan fingerprint density at radius 2 is 1.90 bits per heavy atom. The Hall–Kier alpha value is -3.16. The number of hydrogen-bond donors (Lipinski definition) is 1. The highest BCUT2D eigenvalue weighted by Crippen LogP contribution is 2.30. The summed E-state index contributed by atoms with van der Waals surface area (Å²) in [6, 6.07) is 18.1. The van der Waals surface area contributed by atoms with E-state index in [1.807, 2.05) is 41.0 Å². The Labute approximate surface area is 176 Å². The molecule has 1 N–H and O–H groups in total. The summed E-state index contributed by atoms with van der Waals surface area (Å²) in [5, 5.41) is 19.1. The van der Waals surface area contributed by atoms with Crippen molar-refractivity contribution in [1.29, 1.82) is 0 Å². The van der Waals surface area contributed by atoms with Gasteiger partial charge in [0.15, 0.2) is 11.0 Å². The van der Waals surface area contributed by atoms with Crippen molar-refractivity contribution in [3.63, 3.8) is 0 Å². The van der Waals surface area contributed by atoms with Crippen molar-refractivity contribution in [1.82, 2.24) is 19.7 Å². The van der Waals surface area contributed by atoms with E-state index in [1.54, 1.807) is 36.7 Å². The lowest BCUT2D eigenvalue weighted by Crippen LogP contribution is -2.00. The van der Waals surface area contributed by atoms with Crippen LogP contribution < -0.4 is 0 Å². The van der Waals surface area contributed by atoms with Crippen molar-refractivity contribution in [2.24, 2.45) is 0 Å². The fraction of sp³-hybridized carbons (Fsp3) is 0.0476. The summed E-state index contributed by atoms with van der Waals surface area (Å²) < 4.78 is 1.94. The molecule has 0 bridgehead atoms. The Balaban J connectivity index is 1.68. The fourth-order valence-electron chi connectivity index (χ4n) is 2.78. The molecule has 0 aliphatic rings. The van der Waals surface area contributed by atoms with E-state index in [4.69, 9.17) is 16.7 Å². The monoisotopic (exact) mass is 422 g/mol. The van der Waals surface area contributed by atoms with E-state index in [9.17, 15) is 4.79 Å². The molecule has 2 aromatic heterocycles. The van der Waals surface area contributed by atoms with E-state index in [1.165, 1.54) is 11.8 Å². The number of carboxylic acid groups (broad SMARTS) is 1. The summed E-state index contributed by atoms with van der Waals surface area (Å²) in [6.45, 7) is 0. The molecular formula is C21H15ClN4O2S. The third kappa shape index (κ3) is 4.31. The molecule has 2 heterocycles. The third-order valence-electron chi connectivity index (χ3n) is 4.19. The molecule has 144 valence electrons. The number of carbonyl (C=O) groups is 1. The maximum absolute atomic E-state index is 11.0. The van der Waals surface area contributed by atoms with Crippen LogP contribution in [0.3, 0.4) is 0 Å². The predicted octanol–water partition coefficient (Wildman–Crippen LogP) is 4.97. The van der Waals surface area contributed by atoms with E-state index in [0.717, 1.165) is 16.8 Å². The second-order valence-electron chi connectivity index (χ2n) is 6.15. The van der Waals surface area contributed by atoms with E-state index in [2.05, 4.69) is 15.2 Å². The molecule has 4 rings (SSSR count). The molecule has 0 aliphatic heterocycles. The summed E-state index contributed by atoms with van der Waals surface area (Å²) in [5.74, 6) is 0.348. The third-order valence-corrected chi connectivity index (χ3v) is 5.42. The first-order valence-corrected chi connectivity index (χ1v) is 10.0. The average Bonchev–Trinajstić information content (AvgIpc) is 3.17. The van der Waals surface area contributed by atoms with Gasteiger partial charge in [-0.25, -0.2) is 4.79 Å². The van der Waals surface area contributed by atoms with Gasteiger partial charge in [-0.3, -0.25) is 9.55 Å². The molecule has 4 aromatic rings. The highest BCUT2D eigenvalue weighted by molar-refractivity contribution is 7.98. The highest BCUT2D eigenvalue weighted by atomic mass is 35.5. The molecule has 0 saturated carbocycles. The molecule has 2 aromatic carbocycles. The molecule has 0 amide bonds. The van der Waals surface area contributed by atoms with Gasteiger partial charge in [-0.05, 0) is 48.0 Å². The molecule has 0 fully saturated rings. The zero-order valence-corrected chi connectivity index (χ0v) is 16.6. The van der Waals surface area contributed by atoms with Crippen molar-refractivity contribution < 1.29 is 9.90 Å². The number of carboxylic acids is 1. The number of rotatable bonds is 6. The first-order valence-electron chi connectivity index (χ1n) is 8.68. The van der Waals surface area contributed by atoms with Crippen LogP contribution in [0.4, 0.5) is 0 Å². The number of thioether (sulfide) groups is 1. The summed E-state index contributed by atoms with van der Waals surface area (Å²) in [4.78, 5) is 15.2. The van der Waals surface area contributed by atoms with Crippen LogP contribution in [-0.4, -0.2) is 30.8 Å². The number of nitrogens with zero attached hydrogens (tertiary/aromatic N) is 4. The fourth-order valence-corrected chi connectivity index (χ4v) is 3.88. The normalized spacial score (nSPS) is 10.8. The van der Waals surface area contributed by atoms with Crippen molar-refractivity contribution in [3.8, 4) is 17.1 Å². The predicted molar refractivity (Wildman–Crippen MR) is 113 cm³/mol. The molecule has 0 unspecified atom stereocenters. The van der Waals surface area contributed by atoms with Crippen LogP contribution in [0.2, 0.25) is 5.02 Å². The number of halogens is 1. The molecule has 0 radical (unpaired) electrons. The topological polar surface area (TPSA) is 80.9 Å². The standard InChI is InChI=1S/C21H15ClN4O2S/c22-17-4-1-5-18(11-17)26-19(16-3-2-10-23-12-16)24-25-21(26)29-13-14-6-8-15(9-7-14)20(27)28/h1-12H,13H2,(H,27,28). The second kappa shape index (κ2) is 8.46. The van der Waals surface area contributed by atoms with Crippen molar-refractivity contribution in [2.75, 3.05) is 0 Å². The minimum Gasteiger partial charge on any atom is -0.478 e. The number of benzene rings is 2. The zero-order valence-electron chi connectivity index (χ0n) is 15.1. The van der Waals surface area contributed by atoms with Gasteiger partial charge in [0, 0.05) is 28.7 Å². The average molecular weight is 423 g/mol. The van der Waals surface area contributed by atoms with Gasteiger partial charge in [-0.1, -0.05) is 41.6 Å². The number of pyridine rings is 1. The van der Waals surface area contributed by atoms with Crippen LogP contribution in [0.1, 0.15) is 15.9 Å². The molecule has 0 saturated heterocycles. The van der Waals surface area contributed by atoms with Gasteiger partial charge in [0.25, 0.3) is 0 Å². The van der Waals surface area contributed by atoms with Gasteiger partial charge in [0.1, 0.15) is 0 Å². The van der Waals surface area contributed by atoms with Crippen LogP contribution in [0.25, 0.3) is 17.1 Å². The van der Waals surface area contributed by atoms with Gasteiger partial charge in [-0.15, -0.1) is 10.2 Å². The largest absolute Gasteiger partial charge is 0.478 e. The minimum absolute atomic E-state index is 0.264. The minimum atomic E-state index is -0.939. The second-order valence-corrected chi connectivity index (χ2v) is 7.53. The first-order chi connectivity index (χ1) is 14.1. The van der Waals surface area contributed by atoms with Crippen molar-refractivity contribution >= 4 is 29.3 Å². The lowest BCUT2D eigenvalue weighted by molar-refractivity contribution is 0.0697. The molecule has 6 nitrogen and oxygen atoms in total. The quantitative estimate of drug-likeness (QED) is 0.441. The molecule has 29 heavy (non-hydrogen) atoms. The summed E-state index contributed by atoms with van der Waals surface area (Å²) in [5.41, 5.74) is 2.95. The lowest BCUT2D eigenvalue weighted by Gasteiger charge is -2.10. The zero-order chi connectivity index (χ0) is 20.2. The van der Waals surface area contributed by atoms with Crippen LogP contribution in [0.5, 0.6) is 0 Å². The van der Waals surface area contributed by atoms with Crippen LogP contribution in [-0.2, 0) is 5.75 Å². The smallest absolute Gasteiger partial charge is 0.335 e. The van der Waals surface area contributed by atoms with E-state index < -0.39 is 5.97 Å². The highest BCUT2D eigenvalue weighted by Gasteiger charge is 2.17. The van der Waals surface area contributed by atoms with Crippen LogP contribution in [0.15, 0.2) is 78.2 Å². The van der Waals surface area contributed by atoms with Gasteiger partial charge in [0.2, 0.25) is 0 Å². The van der Waals surface area contributed by atoms with Gasteiger partial charge < -0.3 is 5.11 Å². The van der Waals surface area contributed by atoms with Gasteiger partial charge >= 0.3 is 5.97 Å².